The van der Waals surface area contributed by atoms with Crippen molar-refractivity contribution in [3.63, 3.8) is 0 Å². The third-order valence-electron chi connectivity index (χ3n) is 2.69. The van der Waals surface area contributed by atoms with Gasteiger partial charge in [0.25, 0.3) is 0 Å². The minimum atomic E-state index is 0.264. The molecule has 0 aliphatic heterocycles. The molecule has 0 fully saturated rings. The molecule has 1 aromatic heterocycles. The van der Waals surface area contributed by atoms with E-state index in [1.807, 2.05) is 31.2 Å². The summed E-state index contributed by atoms with van der Waals surface area (Å²) in [5.41, 5.74) is 8.05. The van der Waals surface area contributed by atoms with Crippen LogP contribution in [0.25, 0.3) is 0 Å². The molecule has 0 spiro atoms. The van der Waals surface area contributed by atoms with Crippen molar-refractivity contribution in [1.29, 1.82) is 0 Å². The van der Waals surface area contributed by atoms with Gasteiger partial charge in [-0.3, -0.25) is 0 Å². The highest BCUT2D eigenvalue weighted by atomic mass is 32.1. The number of hydrogen-bond donors (Lipinski definition) is 2. The van der Waals surface area contributed by atoms with Gasteiger partial charge in [0.1, 0.15) is 16.4 Å². The van der Waals surface area contributed by atoms with Crippen molar-refractivity contribution in [1.82, 2.24) is 9.97 Å². The summed E-state index contributed by atoms with van der Waals surface area (Å²) in [5, 5.41) is 3.16. The molecular formula is C14H16N4OS. The van der Waals surface area contributed by atoms with E-state index in [9.17, 15) is 0 Å². The molecule has 0 aliphatic carbocycles. The van der Waals surface area contributed by atoms with Crippen LogP contribution in [0, 0.1) is 6.92 Å². The summed E-state index contributed by atoms with van der Waals surface area (Å²) in [7, 11) is 1.64. The molecule has 0 radical (unpaired) electrons. The Hall–Kier alpha value is -2.21. The molecule has 0 unspecified atom stereocenters. The summed E-state index contributed by atoms with van der Waals surface area (Å²) in [6, 6.07) is 9.56. The number of nitrogens with zero attached hydrogens (tertiary/aromatic N) is 2. The van der Waals surface area contributed by atoms with Gasteiger partial charge >= 0.3 is 0 Å². The van der Waals surface area contributed by atoms with Crippen molar-refractivity contribution in [2.45, 2.75) is 13.5 Å². The topological polar surface area (TPSA) is 73.1 Å². The summed E-state index contributed by atoms with van der Waals surface area (Å²) in [6.45, 7) is 2.47. The van der Waals surface area contributed by atoms with Gasteiger partial charge in [-0.05, 0) is 30.7 Å². The number of anilines is 1. The molecule has 0 bridgehead atoms. The van der Waals surface area contributed by atoms with E-state index < -0.39 is 0 Å². The molecule has 0 saturated heterocycles. The van der Waals surface area contributed by atoms with Crippen LogP contribution in [-0.2, 0) is 6.54 Å². The second-order valence-corrected chi connectivity index (χ2v) is 4.73. The van der Waals surface area contributed by atoms with Crippen molar-refractivity contribution in [3.05, 3.63) is 47.3 Å². The van der Waals surface area contributed by atoms with Crippen molar-refractivity contribution >= 4 is 23.2 Å². The van der Waals surface area contributed by atoms with Gasteiger partial charge in [-0.1, -0.05) is 24.4 Å². The van der Waals surface area contributed by atoms with E-state index in [1.165, 1.54) is 0 Å². The minimum Gasteiger partial charge on any atom is -0.497 e. The average molecular weight is 288 g/mol. The number of nitrogens with one attached hydrogen (secondary N) is 1. The van der Waals surface area contributed by atoms with Gasteiger partial charge in [-0.25, -0.2) is 9.97 Å². The van der Waals surface area contributed by atoms with Crippen molar-refractivity contribution in [3.8, 4) is 5.75 Å². The van der Waals surface area contributed by atoms with Gasteiger partial charge < -0.3 is 15.8 Å². The molecule has 1 heterocycles. The lowest BCUT2D eigenvalue weighted by atomic mass is 10.2. The van der Waals surface area contributed by atoms with E-state index >= 15 is 0 Å². The molecule has 1 aromatic carbocycles. The lowest BCUT2D eigenvalue weighted by Gasteiger charge is -2.08. The zero-order valence-corrected chi connectivity index (χ0v) is 12.2. The van der Waals surface area contributed by atoms with E-state index in [4.69, 9.17) is 22.7 Å². The quantitative estimate of drug-likeness (QED) is 0.820. The fraction of sp³-hybridized carbons (Fsp3) is 0.214. The monoisotopic (exact) mass is 288 g/mol. The van der Waals surface area contributed by atoms with Crippen LogP contribution in [-0.4, -0.2) is 22.1 Å². The summed E-state index contributed by atoms with van der Waals surface area (Å²) in [6.07, 6.45) is 0. The van der Waals surface area contributed by atoms with Crippen LogP contribution in [0.5, 0.6) is 5.75 Å². The van der Waals surface area contributed by atoms with Crippen molar-refractivity contribution in [2.24, 2.45) is 5.73 Å². The van der Waals surface area contributed by atoms with Gasteiger partial charge in [-0.2, -0.15) is 0 Å². The maximum absolute atomic E-state index is 5.59. The lowest BCUT2D eigenvalue weighted by molar-refractivity contribution is 0.414. The fourth-order valence-electron chi connectivity index (χ4n) is 1.74. The smallest absolute Gasteiger partial charge is 0.223 e. The van der Waals surface area contributed by atoms with Crippen LogP contribution in [0.4, 0.5) is 5.95 Å². The average Bonchev–Trinajstić information content (AvgIpc) is 2.44. The largest absolute Gasteiger partial charge is 0.497 e. The summed E-state index contributed by atoms with van der Waals surface area (Å²) in [5.74, 6) is 1.33. The maximum atomic E-state index is 5.59. The number of methoxy groups -OCH3 is 1. The summed E-state index contributed by atoms with van der Waals surface area (Å²) >= 11 is 4.93. The van der Waals surface area contributed by atoms with Gasteiger partial charge in [0.2, 0.25) is 5.95 Å². The first-order chi connectivity index (χ1) is 9.58. The van der Waals surface area contributed by atoms with Crippen LogP contribution < -0.4 is 15.8 Å². The number of aryl methyl sites for hydroxylation is 1. The number of benzene rings is 1. The van der Waals surface area contributed by atoms with Crippen LogP contribution in [0.1, 0.15) is 17.0 Å². The molecule has 2 aromatic rings. The third kappa shape index (κ3) is 3.64. The second kappa shape index (κ2) is 6.29. The van der Waals surface area contributed by atoms with E-state index in [0.29, 0.717) is 18.2 Å². The molecule has 0 amide bonds. The standard InChI is InChI=1S/C14H16N4OS/c1-9-6-12(13(15)20)18-14(17-9)16-8-10-4-3-5-11(7-10)19-2/h3-7H,8H2,1-2H3,(H2,15,20)(H,16,17,18). The molecule has 6 heteroatoms. The number of nitrogens with two attached hydrogens (primary N) is 1. The molecule has 2 rings (SSSR count). The van der Waals surface area contributed by atoms with Gasteiger partial charge in [-0.15, -0.1) is 0 Å². The predicted octanol–water partition coefficient (Wildman–Crippen LogP) is 2.04. The SMILES string of the molecule is COc1cccc(CNc2nc(C)cc(C(N)=S)n2)c1. The van der Waals surface area contributed by atoms with E-state index in [1.54, 1.807) is 13.2 Å². The first-order valence-corrected chi connectivity index (χ1v) is 6.51. The first kappa shape index (κ1) is 14.2. The highest BCUT2D eigenvalue weighted by Gasteiger charge is 2.04. The number of rotatable bonds is 5. The molecule has 0 aliphatic rings. The molecule has 0 saturated carbocycles. The Balaban J connectivity index is 2.12. The van der Waals surface area contributed by atoms with Crippen LogP contribution >= 0.6 is 12.2 Å². The normalized spacial score (nSPS) is 10.1. The Kier molecular flexibility index (Phi) is 4.47. The Bertz CT molecular complexity index is 630. The third-order valence-corrected chi connectivity index (χ3v) is 2.90. The molecule has 20 heavy (non-hydrogen) atoms. The highest BCUT2D eigenvalue weighted by Crippen LogP contribution is 2.13. The summed E-state index contributed by atoms with van der Waals surface area (Å²) < 4.78 is 5.18. The van der Waals surface area contributed by atoms with Crippen LogP contribution in [0.3, 0.4) is 0 Å². The lowest BCUT2D eigenvalue weighted by Crippen LogP contribution is -2.14. The van der Waals surface area contributed by atoms with E-state index in [-0.39, 0.29) is 4.99 Å². The number of ether oxygens (including phenoxy) is 1. The zero-order chi connectivity index (χ0) is 14.5. The number of thiocarbonyl (C=S) groups is 1. The second-order valence-electron chi connectivity index (χ2n) is 4.29. The predicted molar refractivity (Wildman–Crippen MR) is 83.0 cm³/mol. The fourth-order valence-corrected chi connectivity index (χ4v) is 1.84. The van der Waals surface area contributed by atoms with Crippen molar-refractivity contribution in [2.75, 3.05) is 12.4 Å². The minimum absolute atomic E-state index is 0.264. The van der Waals surface area contributed by atoms with E-state index in [0.717, 1.165) is 17.0 Å². The molecule has 3 N–H and O–H groups in total. The van der Waals surface area contributed by atoms with Gasteiger partial charge in [0, 0.05) is 12.2 Å². The van der Waals surface area contributed by atoms with E-state index in [2.05, 4.69) is 15.3 Å². The molecule has 0 atom stereocenters. The Labute approximate surface area is 123 Å². The molecule has 104 valence electrons. The Morgan fingerprint density at radius 3 is 2.85 bits per heavy atom. The highest BCUT2D eigenvalue weighted by molar-refractivity contribution is 7.80. The zero-order valence-electron chi connectivity index (χ0n) is 11.4. The van der Waals surface area contributed by atoms with Crippen LogP contribution in [0.15, 0.2) is 30.3 Å². The number of hydrogen-bond acceptors (Lipinski definition) is 5. The Morgan fingerprint density at radius 1 is 1.35 bits per heavy atom. The van der Waals surface area contributed by atoms with Crippen molar-refractivity contribution < 1.29 is 4.74 Å². The number of aromatic nitrogens is 2. The van der Waals surface area contributed by atoms with Gasteiger partial charge in [0.15, 0.2) is 0 Å². The Morgan fingerprint density at radius 2 is 2.15 bits per heavy atom. The van der Waals surface area contributed by atoms with Gasteiger partial charge in [0.05, 0.1) is 7.11 Å². The first-order valence-electron chi connectivity index (χ1n) is 6.11. The summed E-state index contributed by atoms with van der Waals surface area (Å²) in [4.78, 5) is 8.84. The maximum Gasteiger partial charge on any atom is 0.223 e. The molecular weight excluding hydrogens is 272 g/mol. The molecule has 5 nitrogen and oxygen atoms in total. The van der Waals surface area contributed by atoms with Crippen LogP contribution in [0.2, 0.25) is 0 Å².